The minimum absolute atomic E-state index is 0.0597. The molecule has 0 bridgehead atoms. The summed E-state index contributed by atoms with van der Waals surface area (Å²) in [5, 5.41) is 27.1. The fraction of sp³-hybridized carbons (Fsp3) is 0. The summed E-state index contributed by atoms with van der Waals surface area (Å²) in [5.74, 6) is -1.29. The highest BCUT2D eigenvalue weighted by atomic mass is 32.1. The molecule has 0 aliphatic rings. The molecule has 0 unspecified atom stereocenters. The number of thiophene rings is 1. The Morgan fingerprint density at radius 3 is 2.68 bits per heavy atom. The number of halogens is 1. The number of nitro benzene ring substituents is 1. The van der Waals surface area contributed by atoms with E-state index in [0.29, 0.717) is 11.4 Å². The summed E-state index contributed by atoms with van der Waals surface area (Å²) in [4.78, 5) is 24.0. The molecule has 0 aliphatic carbocycles. The number of hydrogen-bond donors (Lipinski definition) is 1. The molecule has 0 spiro atoms. The van der Waals surface area contributed by atoms with E-state index in [-0.39, 0.29) is 11.4 Å². The van der Waals surface area contributed by atoms with Gasteiger partial charge in [-0.25, -0.2) is 0 Å². The zero-order chi connectivity index (χ0) is 21.8. The number of rotatable bonds is 6. The molecule has 0 fully saturated rings. The van der Waals surface area contributed by atoms with Gasteiger partial charge in [0.25, 0.3) is 5.91 Å². The summed E-state index contributed by atoms with van der Waals surface area (Å²) in [6.07, 6.45) is 1.60. The molecule has 154 valence electrons. The summed E-state index contributed by atoms with van der Waals surface area (Å²) in [6.45, 7) is 0. The van der Waals surface area contributed by atoms with Crippen molar-refractivity contribution in [3.8, 4) is 11.4 Å². The third-order valence-electron chi connectivity index (χ3n) is 4.19. The van der Waals surface area contributed by atoms with Gasteiger partial charge in [0.15, 0.2) is 5.82 Å². The molecule has 0 saturated carbocycles. The van der Waals surface area contributed by atoms with Crippen molar-refractivity contribution in [1.82, 2.24) is 20.2 Å². The van der Waals surface area contributed by atoms with Gasteiger partial charge >= 0.3 is 5.69 Å². The lowest BCUT2D eigenvalue weighted by molar-refractivity contribution is -0.387. The smallest absolute Gasteiger partial charge is 0.306 e. The third-order valence-corrected chi connectivity index (χ3v) is 5.00. The van der Waals surface area contributed by atoms with E-state index in [1.807, 2.05) is 35.7 Å². The maximum absolute atomic E-state index is 13.6. The van der Waals surface area contributed by atoms with Crippen molar-refractivity contribution in [2.24, 2.45) is 0 Å². The number of nitrogens with zero attached hydrogens (tertiary/aromatic N) is 5. The number of benzene rings is 2. The average Bonchev–Trinajstić information content (AvgIpc) is 3.45. The van der Waals surface area contributed by atoms with E-state index < -0.39 is 22.3 Å². The first-order valence-electron chi connectivity index (χ1n) is 8.87. The normalized spacial score (nSPS) is 11.3. The van der Waals surface area contributed by atoms with Gasteiger partial charge < -0.3 is 5.32 Å². The van der Waals surface area contributed by atoms with Crippen molar-refractivity contribution < 1.29 is 14.1 Å². The Hall–Kier alpha value is -4.25. The van der Waals surface area contributed by atoms with Crippen molar-refractivity contribution in [3.05, 3.63) is 86.9 Å². The number of nitro groups is 1. The second kappa shape index (κ2) is 8.63. The number of nitrogens with one attached hydrogen (secondary N) is 1. The number of amides is 1. The molecule has 4 aromatic rings. The largest absolute Gasteiger partial charge is 0.320 e. The first-order valence-corrected chi connectivity index (χ1v) is 9.75. The monoisotopic (exact) mass is 436 g/mol. The molecule has 0 radical (unpaired) electrons. The first-order chi connectivity index (χ1) is 15.0. The summed E-state index contributed by atoms with van der Waals surface area (Å²) >= 11 is 1.41. The highest BCUT2D eigenvalue weighted by Crippen LogP contribution is 2.25. The van der Waals surface area contributed by atoms with Gasteiger partial charge in [-0.05, 0) is 40.1 Å². The maximum Gasteiger partial charge on any atom is 0.306 e. The van der Waals surface area contributed by atoms with Crippen LogP contribution in [0.3, 0.4) is 0 Å². The van der Waals surface area contributed by atoms with E-state index in [4.69, 9.17) is 0 Å². The van der Waals surface area contributed by atoms with Crippen LogP contribution in [-0.4, -0.2) is 31.0 Å². The van der Waals surface area contributed by atoms with Crippen molar-refractivity contribution in [2.75, 3.05) is 5.32 Å². The average molecular weight is 436 g/mol. The van der Waals surface area contributed by atoms with Gasteiger partial charge in [0, 0.05) is 22.2 Å². The molecular formula is C20H13FN6O3S. The first kappa shape index (κ1) is 20.0. The quantitative estimate of drug-likeness (QED) is 0.277. The molecule has 2 aromatic carbocycles. The van der Waals surface area contributed by atoms with Gasteiger partial charge in [-0.1, -0.05) is 36.4 Å². The van der Waals surface area contributed by atoms with E-state index in [9.17, 15) is 19.3 Å². The molecule has 11 heteroatoms. The molecule has 0 aliphatic heterocycles. The number of carbonyl (C=O) groups is 1. The Labute approximate surface area is 178 Å². The van der Waals surface area contributed by atoms with Crippen LogP contribution in [0, 0.1) is 15.9 Å². The number of carbonyl (C=O) groups excluding carboxylic acids is 1. The SMILES string of the molecule is O=C(Nc1ccc(F)c([N+](=O)[O-])c1)/C(=C/c1cccs1)n1nnnc1-c1ccccc1. The minimum atomic E-state index is -0.996. The van der Waals surface area contributed by atoms with Crippen molar-refractivity contribution in [1.29, 1.82) is 0 Å². The zero-order valence-electron chi connectivity index (χ0n) is 15.7. The molecule has 1 N–H and O–H groups in total. The van der Waals surface area contributed by atoms with Crippen molar-refractivity contribution in [3.63, 3.8) is 0 Å². The Kier molecular flexibility index (Phi) is 5.58. The van der Waals surface area contributed by atoms with Crippen LogP contribution in [0.4, 0.5) is 15.8 Å². The van der Waals surface area contributed by atoms with Crippen LogP contribution in [0.2, 0.25) is 0 Å². The van der Waals surface area contributed by atoms with Crippen LogP contribution in [0.25, 0.3) is 23.2 Å². The lowest BCUT2D eigenvalue weighted by Crippen LogP contribution is -2.19. The third kappa shape index (κ3) is 4.36. The van der Waals surface area contributed by atoms with Gasteiger partial charge in [0.2, 0.25) is 5.82 Å². The highest BCUT2D eigenvalue weighted by molar-refractivity contribution is 7.10. The Balaban J connectivity index is 1.74. The van der Waals surface area contributed by atoms with Crippen LogP contribution in [0.5, 0.6) is 0 Å². The summed E-state index contributed by atoms with van der Waals surface area (Å²) in [6, 6.07) is 15.8. The Bertz CT molecular complexity index is 1270. The van der Waals surface area contributed by atoms with Crippen LogP contribution in [-0.2, 0) is 4.79 Å². The van der Waals surface area contributed by atoms with E-state index in [1.165, 1.54) is 22.1 Å². The fourth-order valence-electron chi connectivity index (χ4n) is 2.77. The molecule has 0 saturated heterocycles. The van der Waals surface area contributed by atoms with Crippen molar-refractivity contribution >= 4 is 40.4 Å². The van der Waals surface area contributed by atoms with E-state index in [2.05, 4.69) is 20.8 Å². The van der Waals surface area contributed by atoms with Gasteiger partial charge in [-0.2, -0.15) is 9.07 Å². The minimum Gasteiger partial charge on any atom is -0.320 e. The molecule has 9 nitrogen and oxygen atoms in total. The summed E-state index contributed by atoms with van der Waals surface area (Å²) in [5.41, 5.74) is 0.0894. The topological polar surface area (TPSA) is 116 Å². The Morgan fingerprint density at radius 1 is 1.16 bits per heavy atom. The Morgan fingerprint density at radius 2 is 1.97 bits per heavy atom. The van der Waals surface area contributed by atoms with Crippen LogP contribution in [0.1, 0.15) is 4.88 Å². The lowest BCUT2D eigenvalue weighted by Gasteiger charge is -2.11. The van der Waals surface area contributed by atoms with E-state index >= 15 is 0 Å². The molecule has 31 heavy (non-hydrogen) atoms. The standard InChI is InChI=1S/C20H13FN6O3S/c21-16-9-8-14(11-17(16)27(29)30)22-20(28)18(12-15-7-4-10-31-15)26-19(23-24-25-26)13-5-2-1-3-6-13/h1-12H,(H,22,28)/b18-12-. The van der Waals surface area contributed by atoms with Gasteiger partial charge in [0.1, 0.15) is 5.70 Å². The summed E-state index contributed by atoms with van der Waals surface area (Å²) < 4.78 is 14.9. The van der Waals surface area contributed by atoms with Crippen molar-refractivity contribution in [2.45, 2.75) is 0 Å². The maximum atomic E-state index is 13.6. The molecule has 2 aromatic heterocycles. The van der Waals surface area contributed by atoms with Crippen LogP contribution in [0.15, 0.2) is 66.0 Å². The second-order valence-corrected chi connectivity index (χ2v) is 7.18. The number of aromatic nitrogens is 4. The predicted octanol–water partition coefficient (Wildman–Crippen LogP) is 4.09. The lowest BCUT2D eigenvalue weighted by atomic mass is 10.2. The molecule has 0 atom stereocenters. The van der Waals surface area contributed by atoms with Gasteiger partial charge in [-0.3, -0.25) is 14.9 Å². The fourth-order valence-corrected chi connectivity index (χ4v) is 3.42. The van der Waals surface area contributed by atoms with Crippen LogP contribution >= 0.6 is 11.3 Å². The van der Waals surface area contributed by atoms with E-state index in [0.717, 1.165) is 17.0 Å². The van der Waals surface area contributed by atoms with Crippen LogP contribution < -0.4 is 5.32 Å². The predicted molar refractivity (Wildman–Crippen MR) is 113 cm³/mol. The van der Waals surface area contributed by atoms with E-state index in [1.54, 1.807) is 18.2 Å². The summed E-state index contributed by atoms with van der Waals surface area (Å²) in [7, 11) is 0. The number of hydrogen-bond acceptors (Lipinski definition) is 7. The molecule has 4 rings (SSSR count). The van der Waals surface area contributed by atoms with Gasteiger partial charge in [-0.15, -0.1) is 16.4 Å². The second-order valence-electron chi connectivity index (χ2n) is 6.20. The number of tetrazole rings is 1. The molecule has 1 amide bonds. The highest BCUT2D eigenvalue weighted by Gasteiger charge is 2.21. The molecule has 2 heterocycles. The number of anilines is 1. The molecular weight excluding hydrogens is 423 g/mol. The zero-order valence-corrected chi connectivity index (χ0v) is 16.5. The van der Waals surface area contributed by atoms with Gasteiger partial charge in [0.05, 0.1) is 4.92 Å².